The first-order valence-corrected chi connectivity index (χ1v) is 8.25. The van der Waals surface area contributed by atoms with Gasteiger partial charge in [0.2, 0.25) is 5.91 Å². The molecule has 1 fully saturated rings. The molecular weight excluding hydrogens is 282 g/mol. The van der Waals surface area contributed by atoms with E-state index in [2.05, 4.69) is 10.6 Å². The highest BCUT2D eigenvalue weighted by Gasteiger charge is 2.23. The summed E-state index contributed by atoms with van der Waals surface area (Å²) in [6.07, 6.45) is 6.75. The molecule has 0 saturated heterocycles. The second-order valence-electron chi connectivity index (χ2n) is 7.18. The zero-order valence-corrected chi connectivity index (χ0v) is 14.1. The Kier molecular flexibility index (Phi) is 7.65. The van der Waals surface area contributed by atoms with Gasteiger partial charge in [-0.15, -0.1) is 0 Å². The van der Waals surface area contributed by atoms with E-state index >= 15 is 0 Å². The molecule has 0 aromatic rings. The van der Waals surface area contributed by atoms with Gasteiger partial charge in [-0.3, -0.25) is 4.79 Å². The van der Waals surface area contributed by atoms with Gasteiger partial charge in [0.1, 0.15) is 5.60 Å². The maximum atomic E-state index is 12.0. The lowest BCUT2D eigenvalue weighted by molar-refractivity contribution is -0.117. The van der Waals surface area contributed by atoms with Crippen LogP contribution in [0.3, 0.4) is 0 Å². The van der Waals surface area contributed by atoms with Crippen molar-refractivity contribution in [2.24, 2.45) is 11.7 Å². The van der Waals surface area contributed by atoms with Crippen LogP contribution >= 0.6 is 0 Å². The van der Waals surface area contributed by atoms with Gasteiger partial charge in [0, 0.05) is 12.6 Å². The lowest BCUT2D eigenvalue weighted by Gasteiger charge is -2.28. The number of hydrogen-bond donors (Lipinski definition) is 3. The van der Waals surface area contributed by atoms with Crippen molar-refractivity contribution in [1.82, 2.24) is 10.6 Å². The Hall–Kier alpha value is -1.30. The van der Waals surface area contributed by atoms with E-state index < -0.39 is 17.6 Å². The molecule has 0 bridgehead atoms. The van der Waals surface area contributed by atoms with E-state index in [1.165, 1.54) is 32.1 Å². The fraction of sp³-hybridized carbons (Fsp3) is 0.875. The summed E-state index contributed by atoms with van der Waals surface area (Å²) in [5.74, 6) is 0.234. The maximum absolute atomic E-state index is 12.0. The average Bonchev–Trinajstić information content (AvgIpc) is 2.36. The highest BCUT2D eigenvalue weighted by Crippen LogP contribution is 2.27. The topological polar surface area (TPSA) is 93.4 Å². The maximum Gasteiger partial charge on any atom is 0.407 e. The van der Waals surface area contributed by atoms with E-state index in [-0.39, 0.29) is 12.6 Å². The molecule has 4 N–H and O–H groups in total. The third kappa shape index (κ3) is 8.87. The number of nitrogens with two attached hydrogens (primary N) is 1. The van der Waals surface area contributed by atoms with Crippen LogP contribution in [0.15, 0.2) is 0 Å². The molecule has 0 aromatic carbocycles. The van der Waals surface area contributed by atoms with Crippen LogP contribution in [0.2, 0.25) is 0 Å². The monoisotopic (exact) mass is 313 g/mol. The van der Waals surface area contributed by atoms with Crippen LogP contribution in [0.25, 0.3) is 0 Å². The van der Waals surface area contributed by atoms with Gasteiger partial charge in [0.25, 0.3) is 0 Å². The van der Waals surface area contributed by atoms with E-state index in [1.807, 2.05) is 20.8 Å². The predicted octanol–water partition coefficient (Wildman–Crippen LogP) is 1.92. The molecule has 1 aliphatic carbocycles. The minimum absolute atomic E-state index is 0.0442. The normalized spacial score (nSPS) is 17.8. The smallest absolute Gasteiger partial charge is 0.407 e. The van der Waals surface area contributed by atoms with Crippen molar-refractivity contribution in [3.8, 4) is 0 Å². The van der Waals surface area contributed by atoms with Crippen LogP contribution in [0.1, 0.15) is 59.3 Å². The molecule has 1 rings (SSSR count). The van der Waals surface area contributed by atoms with Crippen LogP contribution in [-0.4, -0.2) is 36.7 Å². The molecule has 0 heterocycles. The van der Waals surface area contributed by atoms with Crippen LogP contribution in [0, 0.1) is 5.92 Å². The largest absolute Gasteiger partial charge is 0.444 e. The molecule has 22 heavy (non-hydrogen) atoms. The average molecular weight is 313 g/mol. The number of rotatable bonds is 7. The molecule has 2 amide bonds. The SMILES string of the molecule is CC(C)(C)OC(=O)N[C@H](CNCC(N)=O)CC1CCCCC1. The van der Waals surface area contributed by atoms with Crippen LogP contribution in [-0.2, 0) is 9.53 Å². The number of primary amides is 1. The number of ether oxygens (including phenoxy) is 1. The zero-order chi connectivity index (χ0) is 16.6. The van der Waals surface area contributed by atoms with Gasteiger partial charge in [-0.25, -0.2) is 4.79 Å². The Bertz CT molecular complexity index is 360. The Balaban J connectivity index is 2.48. The second-order valence-corrected chi connectivity index (χ2v) is 7.18. The van der Waals surface area contributed by atoms with Crippen molar-refractivity contribution in [3.63, 3.8) is 0 Å². The van der Waals surface area contributed by atoms with Gasteiger partial charge in [-0.2, -0.15) is 0 Å². The zero-order valence-electron chi connectivity index (χ0n) is 14.1. The van der Waals surface area contributed by atoms with Crippen molar-refractivity contribution in [2.75, 3.05) is 13.1 Å². The lowest BCUT2D eigenvalue weighted by atomic mass is 9.85. The molecule has 0 radical (unpaired) electrons. The number of carbonyl (C=O) groups is 2. The Morgan fingerprint density at radius 2 is 1.86 bits per heavy atom. The van der Waals surface area contributed by atoms with Crippen molar-refractivity contribution in [2.45, 2.75) is 70.9 Å². The summed E-state index contributed by atoms with van der Waals surface area (Å²) < 4.78 is 5.32. The number of hydrogen-bond acceptors (Lipinski definition) is 4. The number of alkyl carbamates (subject to hydrolysis) is 1. The van der Waals surface area contributed by atoms with Gasteiger partial charge in [-0.05, 0) is 33.1 Å². The molecule has 128 valence electrons. The molecular formula is C16H31N3O3. The van der Waals surface area contributed by atoms with Gasteiger partial charge in [0.05, 0.1) is 6.54 Å². The molecule has 0 aliphatic heterocycles. The second kappa shape index (κ2) is 8.98. The molecule has 1 saturated carbocycles. The van der Waals surface area contributed by atoms with Gasteiger partial charge >= 0.3 is 6.09 Å². The summed E-state index contributed by atoms with van der Waals surface area (Å²) in [7, 11) is 0. The third-order valence-corrected chi connectivity index (χ3v) is 3.75. The van der Waals surface area contributed by atoms with Crippen LogP contribution in [0.4, 0.5) is 4.79 Å². The van der Waals surface area contributed by atoms with Crippen LogP contribution < -0.4 is 16.4 Å². The van der Waals surface area contributed by atoms with E-state index in [0.29, 0.717) is 12.5 Å². The Morgan fingerprint density at radius 3 is 2.41 bits per heavy atom. The van der Waals surface area contributed by atoms with E-state index in [9.17, 15) is 9.59 Å². The number of nitrogens with one attached hydrogen (secondary N) is 2. The molecule has 6 heteroatoms. The first-order chi connectivity index (χ1) is 10.3. The van der Waals surface area contributed by atoms with E-state index in [4.69, 9.17) is 10.5 Å². The summed E-state index contributed by atoms with van der Waals surface area (Å²) >= 11 is 0. The summed E-state index contributed by atoms with van der Waals surface area (Å²) in [4.78, 5) is 22.8. The van der Waals surface area contributed by atoms with Gasteiger partial charge in [0.15, 0.2) is 0 Å². The van der Waals surface area contributed by atoms with Crippen molar-refractivity contribution < 1.29 is 14.3 Å². The molecule has 1 aliphatic rings. The van der Waals surface area contributed by atoms with E-state index in [1.54, 1.807) is 0 Å². The highest BCUT2D eigenvalue weighted by molar-refractivity contribution is 5.75. The van der Waals surface area contributed by atoms with Crippen molar-refractivity contribution in [1.29, 1.82) is 0 Å². The quantitative estimate of drug-likeness (QED) is 0.669. The number of amides is 2. The molecule has 1 atom stereocenters. The summed E-state index contributed by atoms with van der Waals surface area (Å²) in [5, 5.41) is 5.92. The first kappa shape index (κ1) is 18.7. The molecule has 6 nitrogen and oxygen atoms in total. The standard InChI is InChI=1S/C16H31N3O3/c1-16(2,3)22-15(21)19-13(10-18-11-14(17)20)9-12-7-5-4-6-8-12/h12-13,18H,4-11H2,1-3H3,(H2,17,20)(H,19,21)/t13-/m0/s1. The van der Waals surface area contributed by atoms with Crippen molar-refractivity contribution >= 4 is 12.0 Å². The Morgan fingerprint density at radius 1 is 1.23 bits per heavy atom. The van der Waals surface area contributed by atoms with Gasteiger partial charge in [-0.1, -0.05) is 32.1 Å². The minimum atomic E-state index is -0.514. The van der Waals surface area contributed by atoms with Crippen molar-refractivity contribution in [3.05, 3.63) is 0 Å². The molecule has 0 unspecified atom stereocenters. The first-order valence-electron chi connectivity index (χ1n) is 8.25. The highest BCUT2D eigenvalue weighted by atomic mass is 16.6. The lowest BCUT2D eigenvalue weighted by Crippen LogP contribution is -2.46. The predicted molar refractivity (Wildman–Crippen MR) is 86.4 cm³/mol. The number of carbonyl (C=O) groups excluding carboxylic acids is 2. The summed E-state index contributed by atoms with van der Waals surface area (Å²) in [6, 6.07) is -0.0442. The van der Waals surface area contributed by atoms with Crippen LogP contribution in [0.5, 0.6) is 0 Å². The Labute approximate surface area is 133 Å². The molecule has 0 aromatic heterocycles. The van der Waals surface area contributed by atoms with Gasteiger partial charge < -0.3 is 21.1 Å². The van der Waals surface area contributed by atoms with E-state index in [0.717, 1.165) is 6.42 Å². The molecule has 0 spiro atoms. The summed E-state index contributed by atoms with van der Waals surface area (Å²) in [5.41, 5.74) is 4.62. The fourth-order valence-corrected chi connectivity index (χ4v) is 2.86. The minimum Gasteiger partial charge on any atom is -0.444 e. The fourth-order valence-electron chi connectivity index (χ4n) is 2.86. The summed E-state index contributed by atoms with van der Waals surface area (Å²) in [6.45, 7) is 6.17. The third-order valence-electron chi connectivity index (χ3n) is 3.75.